The number of ether oxygens (including phenoxy) is 1. The van der Waals surface area contributed by atoms with Crippen molar-refractivity contribution in [2.24, 2.45) is 0 Å². The molecule has 456 valence electrons. The van der Waals surface area contributed by atoms with Gasteiger partial charge in [0, 0.05) is 12.8 Å². The van der Waals surface area contributed by atoms with Crippen LogP contribution in [0.15, 0.2) is 24.3 Å². The van der Waals surface area contributed by atoms with Crippen LogP contribution in [0.1, 0.15) is 393 Å². The number of carbonyl (C=O) groups excluding carboxylic acids is 2. The van der Waals surface area contributed by atoms with Crippen molar-refractivity contribution in [1.82, 2.24) is 5.32 Å². The smallest absolute Gasteiger partial charge is 0.305 e. The molecular weight excluding hydrogens is 947 g/mol. The highest BCUT2D eigenvalue weighted by Gasteiger charge is 2.18. The highest BCUT2D eigenvalue weighted by Crippen LogP contribution is 2.19. The van der Waals surface area contributed by atoms with E-state index in [2.05, 4.69) is 31.3 Å². The topological polar surface area (TPSA) is 95.9 Å². The highest BCUT2D eigenvalue weighted by atomic mass is 16.5. The molecule has 0 aliphatic heterocycles. The highest BCUT2D eigenvalue weighted by molar-refractivity contribution is 5.76. The first-order valence-corrected chi connectivity index (χ1v) is 35.1. The molecule has 2 unspecified atom stereocenters. The summed E-state index contributed by atoms with van der Waals surface area (Å²) < 4.78 is 5.49. The number of hydrogen-bond donors (Lipinski definition) is 3. The Morgan fingerprint density at radius 2 is 0.610 bits per heavy atom. The second-order valence-corrected chi connectivity index (χ2v) is 24.2. The third-order valence-electron chi connectivity index (χ3n) is 16.5. The zero-order valence-electron chi connectivity index (χ0n) is 52.2. The molecule has 0 radical (unpaired) electrons. The van der Waals surface area contributed by atoms with E-state index < -0.39 is 12.1 Å². The lowest BCUT2D eigenvalue weighted by Crippen LogP contribution is -2.45. The van der Waals surface area contributed by atoms with Crippen molar-refractivity contribution in [2.45, 2.75) is 405 Å². The van der Waals surface area contributed by atoms with Gasteiger partial charge >= 0.3 is 5.97 Å². The number of rotatable bonds is 66. The van der Waals surface area contributed by atoms with Crippen LogP contribution in [0.2, 0.25) is 0 Å². The number of aliphatic hydroxyl groups is 2. The van der Waals surface area contributed by atoms with Crippen molar-refractivity contribution in [3.8, 4) is 0 Å². The molecule has 0 saturated heterocycles. The van der Waals surface area contributed by atoms with Crippen LogP contribution in [0, 0.1) is 0 Å². The lowest BCUT2D eigenvalue weighted by molar-refractivity contribution is -0.143. The van der Waals surface area contributed by atoms with E-state index >= 15 is 0 Å². The zero-order valence-corrected chi connectivity index (χ0v) is 52.2. The molecule has 3 N–H and O–H groups in total. The molecule has 0 fully saturated rings. The quantitative estimate of drug-likeness (QED) is 0.0320. The van der Waals surface area contributed by atoms with E-state index in [4.69, 9.17) is 4.74 Å². The maximum absolute atomic E-state index is 12.5. The van der Waals surface area contributed by atoms with Crippen LogP contribution < -0.4 is 5.32 Å². The molecule has 0 rings (SSSR count). The van der Waals surface area contributed by atoms with Crippen molar-refractivity contribution in [2.75, 3.05) is 13.2 Å². The molecule has 0 aliphatic rings. The summed E-state index contributed by atoms with van der Waals surface area (Å²) in [6, 6.07) is -0.623. The summed E-state index contributed by atoms with van der Waals surface area (Å²) in [6.07, 6.45) is 84.2. The van der Waals surface area contributed by atoms with E-state index in [1.807, 2.05) is 6.08 Å². The van der Waals surface area contributed by atoms with Crippen molar-refractivity contribution in [3.63, 3.8) is 0 Å². The van der Waals surface area contributed by atoms with E-state index in [-0.39, 0.29) is 18.5 Å². The molecule has 0 aromatic heterocycles. The average molecular weight is 1080 g/mol. The molecule has 0 spiro atoms. The molecule has 0 aliphatic carbocycles. The van der Waals surface area contributed by atoms with E-state index in [1.54, 1.807) is 6.08 Å². The lowest BCUT2D eigenvalue weighted by Gasteiger charge is -2.20. The predicted molar refractivity (Wildman–Crippen MR) is 338 cm³/mol. The normalized spacial score (nSPS) is 12.6. The molecule has 77 heavy (non-hydrogen) atoms. The minimum Gasteiger partial charge on any atom is -0.466 e. The Bertz CT molecular complexity index is 1200. The standard InChI is InChI=1S/C71H137NO5/c1-3-5-7-9-11-13-15-40-45-49-53-57-61-65-71(76)77-66-62-58-54-50-46-42-39-37-35-33-31-29-27-25-23-21-19-17-18-20-22-24-26-28-30-32-34-36-38-41-44-48-52-56-60-64-70(75)72-68(67-73)69(74)63-59-55-51-47-43-16-14-12-10-8-6-4-2/h19,21,59,63,68-69,73-74H,3-18,20,22-58,60-62,64-67H2,1-2H3,(H,72,75)/b21-19-,63-59+. The Labute approximate surface area is 481 Å². The van der Waals surface area contributed by atoms with Crippen LogP contribution in [-0.4, -0.2) is 47.4 Å². The monoisotopic (exact) mass is 1080 g/mol. The molecule has 2 atom stereocenters. The van der Waals surface area contributed by atoms with Gasteiger partial charge in [-0.25, -0.2) is 0 Å². The Hall–Kier alpha value is -1.66. The molecule has 0 bridgehead atoms. The van der Waals surface area contributed by atoms with Gasteiger partial charge in [0.05, 0.1) is 25.4 Å². The Kier molecular flexibility index (Phi) is 65.4. The fraction of sp³-hybridized carbons (Fsp3) is 0.915. The fourth-order valence-electron chi connectivity index (χ4n) is 11.1. The molecule has 6 nitrogen and oxygen atoms in total. The average Bonchev–Trinajstić information content (AvgIpc) is 3.43. The van der Waals surface area contributed by atoms with Gasteiger partial charge in [-0.2, -0.15) is 0 Å². The number of esters is 1. The van der Waals surface area contributed by atoms with Gasteiger partial charge in [0.1, 0.15) is 0 Å². The van der Waals surface area contributed by atoms with E-state index in [0.717, 1.165) is 38.5 Å². The van der Waals surface area contributed by atoms with Crippen molar-refractivity contribution < 1.29 is 24.5 Å². The second kappa shape index (κ2) is 66.8. The third-order valence-corrected chi connectivity index (χ3v) is 16.5. The van der Waals surface area contributed by atoms with Gasteiger partial charge in [0.15, 0.2) is 0 Å². The van der Waals surface area contributed by atoms with Crippen LogP contribution in [0.3, 0.4) is 0 Å². The number of amides is 1. The Morgan fingerprint density at radius 3 is 0.922 bits per heavy atom. The lowest BCUT2D eigenvalue weighted by atomic mass is 10.0. The van der Waals surface area contributed by atoms with Gasteiger partial charge < -0.3 is 20.3 Å². The van der Waals surface area contributed by atoms with Crippen LogP contribution in [0.5, 0.6) is 0 Å². The van der Waals surface area contributed by atoms with Crippen molar-refractivity contribution in [3.05, 3.63) is 24.3 Å². The number of carbonyl (C=O) groups is 2. The van der Waals surface area contributed by atoms with E-state index in [9.17, 15) is 19.8 Å². The summed E-state index contributed by atoms with van der Waals surface area (Å²) in [4.78, 5) is 24.5. The van der Waals surface area contributed by atoms with Gasteiger partial charge in [-0.1, -0.05) is 346 Å². The summed E-state index contributed by atoms with van der Waals surface area (Å²) in [5.41, 5.74) is 0. The first-order chi connectivity index (χ1) is 38.0. The van der Waals surface area contributed by atoms with Crippen LogP contribution in [0.4, 0.5) is 0 Å². The molecule has 1 amide bonds. The molecule has 0 aromatic rings. The second-order valence-electron chi connectivity index (χ2n) is 24.2. The number of aliphatic hydroxyl groups excluding tert-OH is 2. The van der Waals surface area contributed by atoms with Gasteiger partial charge in [-0.15, -0.1) is 0 Å². The number of allylic oxidation sites excluding steroid dienone is 3. The Morgan fingerprint density at radius 1 is 0.351 bits per heavy atom. The minimum atomic E-state index is -0.840. The molecular formula is C71H137NO5. The van der Waals surface area contributed by atoms with Crippen molar-refractivity contribution in [1.29, 1.82) is 0 Å². The summed E-state index contributed by atoms with van der Waals surface area (Å²) in [6.45, 7) is 4.93. The number of nitrogens with one attached hydrogen (secondary N) is 1. The maximum Gasteiger partial charge on any atom is 0.305 e. The summed E-state index contributed by atoms with van der Waals surface area (Å²) in [5.74, 6) is -0.0414. The molecule has 0 aromatic carbocycles. The maximum atomic E-state index is 12.5. The van der Waals surface area contributed by atoms with Gasteiger partial charge in [0.2, 0.25) is 5.91 Å². The van der Waals surface area contributed by atoms with E-state index in [0.29, 0.717) is 19.4 Å². The number of hydrogen-bond acceptors (Lipinski definition) is 5. The molecule has 6 heteroatoms. The zero-order chi connectivity index (χ0) is 55.7. The van der Waals surface area contributed by atoms with Gasteiger partial charge in [-0.05, 0) is 57.8 Å². The molecule has 0 saturated carbocycles. The van der Waals surface area contributed by atoms with Gasteiger partial charge in [-0.3, -0.25) is 9.59 Å². The SMILES string of the molecule is CCCCCCCCCCCC/C=C/C(O)C(CO)NC(=O)CCCCCCCCCCCCCCCCCCC/C=C\CCCCCCCCCCCCCCCCOC(=O)CCCCCCCCCCCCCCC. The van der Waals surface area contributed by atoms with Crippen LogP contribution in [0.25, 0.3) is 0 Å². The summed E-state index contributed by atoms with van der Waals surface area (Å²) in [7, 11) is 0. The number of unbranched alkanes of at least 4 members (excludes halogenated alkanes) is 53. The van der Waals surface area contributed by atoms with Crippen LogP contribution in [-0.2, 0) is 14.3 Å². The predicted octanol–water partition coefficient (Wildman–Crippen LogP) is 22.5. The fourth-order valence-corrected chi connectivity index (χ4v) is 11.1. The third kappa shape index (κ3) is 63.4. The largest absolute Gasteiger partial charge is 0.466 e. The first kappa shape index (κ1) is 75.3. The summed E-state index contributed by atoms with van der Waals surface area (Å²) in [5, 5.41) is 23.1. The van der Waals surface area contributed by atoms with Gasteiger partial charge in [0.25, 0.3) is 0 Å². The first-order valence-electron chi connectivity index (χ1n) is 35.1. The van der Waals surface area contributed by atoms with E-state index in [1.165, 1.54) is 327 Å². The molecule has 0 heterocycles. The minimum absolute atomic E-state index is 0.0220. The van der Waals surface area contributed by atoms with Crippen LogP contribution >= 0.6 is 0 Å². The van der Waals surface area contributed by atoms with Crippen molar-refractivity contribution >= 4 is 11.9 Å². The Balaban J connectivity index is 3.33. The summed E-state index contributed by atoms with van der Waals surface area (Å²) >= 11 is 0.